The van der Waals surface area contributed by atoms with Crippen LogP contribution in [0.3, 0.4) is 0 Å². The Hall–Kier alpha value is -9.01. The van der Waals surface area contributed by atoms with Gasteiger partial charge in [-0.3, -0.25) is 0 Å². The van der Waals surface area contributed by atoms with E-state index < -0.39 is 25.4 Å². The van der Waals surface area contributed by atoms with E-state index in [-0.39, 0.29) is 22.0 Å². The molecular weight excluding hydrogens is 1120 g/mol. The molecule has 4 aliphatic rings. The van der Waals surface area contributed by atoms with Gasteiger partial charge in [0.15, 0.2) is 0 Å². The largest absolute Gasteiger partial charge is 0.494 e. The summed E-state index contributed by atoms with van der Waals surface area (Å²) in [6.07, 6.45) is 0. The molecule has 2 fully saturated rings. The minimum atomic E-state index is -0.423. The molecule has 11 aromatic carbocycles. The highest BCUT2D eigenvalue weighted by molar-refractivity contribution is 6.62. The molecule has 2 heterocycles. The molecule has 8 heteroatoms. The molecule has 2 saturated heterocycles. The van der Waals surface area contributed by atoms with E-state index in [0.717, 1.165) is 45.0 Å². The van der Waals surface area contributed by atoms with Gasteiger partial charge in [0.2, 0.25) is 0 Å². The summed E-state index contributed by atoms with van der Waals surface area (Å²) in [6.45, 7) is 26.1. The van der Waals surface area contributed by atoms with E-state index in [9.17, 15) is 0 Å². The van der Waals surface area contributed by atoms with Crippen LogP contribution in [0.15, 0.2) is 267 Å². The van der Waals surface area contributed by atoms with E-state index in [1.807, 2.05) is 0 Å². The van der Waals surface area contributed by atoms with Crippen LogP contribution in [0, 0.1) is 0 Å². The van der Waals surface area contributed by atoms with E-state index in [4.69, 9.17) is 18.6 Å². The van der Waals surface area contributed by atoms with E-state index in [2.05, 4.69) is 360 Å². The highest BCUT2D eigenvalue weighted by Gasteiger charge is 2.53. The van der Waals surface area contributed by atoms with E-state index in [1.165, 1.54) is 77.9 Å². The maximum Gasteiger partial charge on any atom is 0.494 e. The van der Waals surface area contributed by atoms with Gasteiger partial charge in [-0.25, -0.2) is 0 Å². The van der Waals surface area contributed by atoms with Crippen molar-refractivity contribution >= 4 is 59.3 Å². The van der Waals surface area contributed by atoms with Crippen LogP contribution in [0.2, 0.25) is 0 Å². The van der Waals surface area contributed by atoms with Crippen molar-refractivity contribution in [3.8, 4) is 55.6 Å². The van der Waals surface area contributed by atoms with Crippen LogP contribution >= 0.6 is 0 Å². The first-order chi connectivity index (χ1) is 44.1. The Labute approximate surface area is 545 Å². The van der Waals surface area contributed by atoms with Gasteiger partial charge in [-0.1, -0.05) is 234 Å². The quantitative estimate of drug-likeness (QED) is 0.120. The molecule has 6 nitrogen and oxygen atoms in total. The third-order valence-corrected chi connectivity index (χ3v) is 20.7. The lowest BCUT2D eigenvalue weighted by Crippen LogP contribution is -2.41. The second-order valence-corrected chi connectivity index (χ2v) is 28.2. The number of hydrogen-bond donors (Lipinski definition) is 0. The molecule has 11 aromatic rings. The molecule has 0 aromatic heterocycles. The van der Waals surface area contributed by atoms with Gasteiger partial charge in [-0.2, -0.15) is 0 Å². The normalized spacial score (nSPS) is 17.0. The van der Waals surface area contributed by atoms with Crippen molar-refractivity contribution in [1.82, 2.24) is 0 Å². The Morgan fingerprint density at radius 1 is 0.239 bits per heavy atom. The number of rotatable bonds is 11. The zero-order chi connectivity index (χ0) is 64.0. The van der Waals surface area contributed by atoms with E-state index >= 15 is 0 Å². The van der Waals surface area contributed by atoms with Crippen LogP contribution in [-0.4, -0.2) is 36.6 Å². The number of para-hydroxylation sites is 1. The third kappa shape index (κ3) is 10.6. The SMILES string of the molecule is CC1(C)c2ccccc2-c2ccc(N(c3ccc(B4OC(C)(C)C(C)(C)O4)cc3)c3cc(-c4ccccc4)ccc3-c3ccccc3)cc21.CC1(C)c2ccccc2-c2ccc(N(c3ccc(B4OC(C)(C)C(C)(C)O4)cc3)c3ccccc3-c3ccccc3)cc21. The van der Waals surface area contributed by atoms with Crippen molar-refractivity contribution in [3.63, 3.8) is 0 Å². The predicted molar refractivity (Wildman–Crippen MR) is 385 cm³/mol. The molecule has 0 N–H and O–H groups in total. The molecular formula is C84H80B2N2O4. The smallest absolute Gasteiger partial charge is 0.399 e. The Morgan fingerprint density at radius 3 is 0.978 bits per heavy atom. The van der Waals surface area contributed by atoms with Gasteiger partial charge in [-0.15, -0.1) is 0 Å². The second kappa shape index (κ2) is 23.0. The minimum Gasteiger partial charge on any atom is -0.399 e. The predicted octanol–water partition coefficient (Wildman–Crippen LogP) is 20.5. The molecule has 2 aliphatic heterocycles. The topological polar surface area (TPSA) is 43.4 Å². The fourth-order valence-electron chi connectivity index (χ4n) is 14.0. The second-order valence-electron chi connectivity index (χ2n) is 28.2. The summed E-state index contributed by atoms with van der Waals surface area (Å²) >= 11 is 0. The fraction of sp³-hybridized carbons (Fsp3) is 0.214. The standard InChI is InChI=1S/C45H42BNO2.C39H38BNO2/c1-43(2)40-20-14-13-19-38(40)39-28-26-36(30-41(39)43)47(35-24-22-34(23-25-35)46-48-44(3,4)45(5,6)49-46)42-29-33(31-15-9-7-10-16-31)21-27-37(42)32-17-11-8-12-18-32;1-37(2)34-18-12-10-17-32(34)33-25-24-30(26-35(33)37)41(36-19-13-11-16-31(36)27-14-8-7-9-15-27)29-22-20-28(21-23-29)40-42-38(3,4)39(5,6)43-40/h7-30H,1-6H3;7-26H,1-6H3. The van der Waals surface area contributed by atoms with Crippen molar-refractivity contribution in [3.05, 3.63) is 289 Å². The van der Waals surface area contributed by atoms with Gasteiger partial charge >= 0.3 is 14.2 Å². The third-order valence-electron chi connectivity index (χ3n) is 20.7. The summed E-state index contributed by atoms with van der Waals surface area (Å²) in [5.41, 5.74) is 24.7. The van der Waals surface area contributed by atoms with Gasteiger partial charge in [0.1, 0.15) is 0 Å². The molecule has 0 atom stereocenters. The molecule has 0 bridgehead atoms. The molecule has 15 rings (SSSR count). The molecule has 2 aliphatic carbocycles. The Morgan fingerprint density at radius 2 is 0.554 bits per heavy atom. The highest BCUT2D eigenvalue weighted by atomic mass is 16.7. The van der Waals surface area contributed by atoms with E-state index in [1.54, 1.807) is 0 Å². The van der Waals surface area contributed by atoms with Gasteiger partial charge in [0.05, 0.1) is 33.8 Å². The summed E-state index contributed by atoms with van der Waals surface area (Å²) in [5.74, 6) is 0. The Balaban J connectivity index is 0.000000161. The molecule has 0 amide bonds. The molecule has 0 radical (unpaired) electrons. The van der Waals surface area contributed by atoms with Crippen molar-refractivity contribution in [2.75, 3.05) is 9.80 Å². The number of nitrogens with zero attached hydrogens (tertiary/aromatic N) is 2. The van der Waals surface area contributed by atoms with Gasteiger partial charge in [0.25, 0.3) is 0 Å². The average Bonchev–Trinajstić information content (AvgIpc) is 1.56. The molecule has 0 unspecified atom stereocenters. The maximum absolute atomic E-state index is 6.43. The van der Waals surface area contributed by atoms with Crippen LogP contribution in [0.5, 0.6) is 0 Å². The Bertz CT molecular complexity index is 4510. The molecule has 0 saturated carbocycles. The highest BCUT2D eigenvalue weighted by Crippen LogP contribution is 2.54. The van der Waals surface area contributed by atoms with Crippen LogP contribution < -0.4 is 20.7 Å². The van der Waals surface area contributed by atoms with Crippen LogP contribution in [0.25, 0.3) is 55.6 Å². The first-order valence-electron chi connectivity index (χ1n) is 32.5. The van der Waals surface area contributed by atoms with Crippen LogP contribution in [0.1, 0.15) is 105 Å². The monoisotopic (exact) mass is 1200 g/mol. The summed E-state index contributed by atoms with van der Waals surface area (Å²) in [4.78, 5) is 4.80. The van der Waals surface area contributed by atoms with Gasteiger partial charge in [-0.05, 0) is 194 Å². The number of fused-ring (bicyclic) bond motifs is 6. The van der Waals surface area contributed by atoms with Gasteiger partial charge < -0.3 is 28.4 Å². The average molecular weight is 1200 g/mol. The summed E-state index contributed by atoms with van der Waals surface area (Å²) in [7, 11) is -0.823. The van der Waals surface area contributed by atoms with Gasteiger partial charge in [0, 0.05) is 44.7 Å². The minimum absolute atomic E-state index is 0.0901. The summed E-state index contributed by atoms with van der Waals surface area (Å²) < 4.78 is 25.6. The molecule has 92 heavy (non-hydrogen) atoms. The van der Waals surface area contributed by atoms with Crippen molar-refractivity contribution in [2.45, 2.75) is 116 Å². The number of anilines is 6. The fourth-order valence-corrected chi connectivity index (χ4v) is 14.0. The zero-order valence-corrected chi connectivity index (χ0v) is 55.1. The van der Waals surface area contributed by atoms with Crippen molar-refractivity contribution in [1.29, 1.82) is 0 Å². The summed E-state index contributed by atoms with van der Waals surface area (Å²) in [6, 6.07) is 96.5. The first-order valence-corrected chi connectivity index (χ1v) is 32.5. The lowest BCUT2D eigenvalue weighted by atomic mass is 9.79. The molecule has 0 spiro atoms. The Kier molecular flexibility index (Phi) is 15.1. The van der Waals surface area contributed by atoms with E-state index in [0.29, 0.717) is 0 Å². The molecule has 456 valence electrons. The maximum atomic E-state index is 6.43. The first kappa shape index (κ1) is 60.5. The zero-order valence-electron chi connectivity index (χ0n) is 55.1. The van der Waals surface area contributed by atoms with Crippen LogP contribution in [0.4, 0.5) is 34.1 Å². The lowest BCUT2D eigenvalue weighted by molar-refractivity contribution is 0.00578. The lowest BCUT2D eigenvalue weighted by Gasteiger charge is -2.32. The number of benzene rings is 11. The van der Waals surface area contributed by atoms with Crippen molar-refractivity contribution < 1.29 is 18.6 Å². The van der Waals surface area contributed by atoms with Crippen LogP contribution in [-0.2, 0) is 29.4 Å². The van der Waals surface area contributed by atoms with Crippen molar-refractivity contribution in [2.24, 2.45) is 0 Å². The number of hydrogen-bond acceptors (Lipinski definition) is 6. The summed E-state index contributed by atoms with van der Waals surface area (Å²) in [5, 5.41) is 0.